The molecule has 0 saturated carbocycles. The third-order valence-corrected chi connectivity index (χ3v) is 4.88. The summed E-state index contributed by atoms with van der Waals surface area (Å²) < 4.78 is 5.21. The number of hydrogen-bond acceptors (Lipinski definition) is 6. The lowest BCUT2D eigenvalue weighted by Gasteiger charge is -2.09. The second kappa shape index (κ2) is 8.31. The van der Waals surface area contributed by atoms with Crippen molar-refractivity contribution in [2.75, 3.05) is 7.05 Å². The molecule has 0 bridgehead atoms. The van der Waals surface area contributed by atoms with E-state index >= 15 is 0 Å². The van der Waals surface area contributed by atoms with Crippen molar-refractivity contribution < 1.29 is 19.4 Å². The first-order valence-corrected chi connectivity index (χ1v) is 9.51. The van der Waals surface area contributed by atoms with E-state index in [2.05, 4.69) is 4.99 Å². The maximum Gasteiger partial charge on any atom is 0.338 e. The fraction of sp³-hybridized carbons (Fsp3) is 0.190. The average Bonchev–Trinajstić information content (AvgIpc) is 2.89. The Labute approximate surface area is 167 Å². The van der Waals surface area contributed by atoms with Gasteiger partial charge in [0.2, 0.25) is 0 Å². The van der Waals surface area contributed by atoms with Crippen molar-refractivity contribution in [2.45, 2.75) is 20.0 Å². The van der Waals surface area contributed by atoms with Crippen molar-refractivity contribution in [1.29, 1.82) is 0 Å². The van der Waals surface area contributed by atoms with Gasteiger partial charge in [-0.15, -0.1) is 0 Å². The summed E-state index contributed by atoms with van der Waals surface area (Å²) in [5.41, 5.74) is 1.69. The molecule has 2 aromatic rings. The summed E-state index contributed by atoms with van der Waals surface area (Å²) in [4.78, 5) is 31.1. The Hall–Kier alpha value is -3.06. The SMILES string of the molecule is CC(C)OC(=O)c1cccc(N=C2S/C(=C/c3cccc(O)c3)C(=O)N2C)c1. The van der Waals surface area contributed by atoms with Crippen LogP contribution in [0.15, 0.2) is 58.4 Å². The highest BCUT2D eigenvalue weighted by molar-refractivity contribution is 8.18. The Kier molecular flexibility index (Phi) is 5.84. The lowest BCUT2D eigenvalue weighted by molar-refractivity contribution is -0.121. The molecule has 0 unspecified atom stereocenters. The number of thioether (sulfide) groups is 1. The molecule has 1 N–H and O–H groups in total. The summed E-state index contributed by atoms with van der Waals surface area (Å²) in [6.45, 7) is 3.58. The van der Waals surface area contributed by atoms with Crippen LogP contribution in [0, 0.1) is 0 Å². The van der Waals surface area contributed by atoms with Crippen LogP contribution in [0.1, 0.15) is 29.8 Å². The maximum absolute atomic E-state index is 12.5. The topological polar surface area (TPSA) is 79.2 Å². The molecular formula is C21H20N2O4S. The molecule has 1 saturated heterocycles. The minimum Gasteiger partial charge on any atom is -0.508 e. The molecule has 1 aliphatic rings. The van der Waals surface area contributed by atoms with Crippen molar-refractivity contribution in [2.24, 2.45) is 4.99 Å². The third-order valence-electron chi connectivity index (χ3n) is 3.82. The lowest BCUT2D eigenvalue weighted by atomic mass is 10.2. The highest BCUT2D eigenvalue weighted by atomic mass is 32.2. The number of amides is 1. The number of esters is 1. The highest BCUT2D eigenvalue weighted by Gasteiger charge is 2.30. The zero-order valence-electron chi connectivity index (χ0n) is 15.7. The van der Waals surface area contributed by atoms with Gasteiger partial charge in [0.05, 0.1) is 22.3 Å². The second-order valence-corrected chi connectivity index (χ2v) is 7.48. The van der Waals surface area contributed by atoms with Crippen LogP contribution in [0.5, 0.6) is 5.75 Å². The van der Waals surface area contributed by atoms with Crippen LogP contribution < -0.4 is 0 Å². The van der Waals surface area contributed by atoms with Crippen LogP contribution in [-0.2, 0) is 9.53 Å². The number of benzene rings is 2. The van der Waals surface area contributed by atoms with Crippen LogP contribution in [0.25, 0.3) is 6.08 Å². The molecule has 1 aliphatic heterocycles. The van der Waals surface area contributed by atoms with Gasteiger partial charge in [0.15, 0.2) is 5.17 Å². The second-order valence-electron chi connectivity index (χ2n) is 6.47. The summed E-state index contributed by atoms with van der Waals surface area (Å²) in [7, 11) is 1.65. The van der Waals surface area contributed by atoms with Gasteiger partial charge in [0.1, 0.15) is 5.75 Å². The fourth-order valence-electron chi connectivity index (χ4n) is 2.51. The molecule has 28 heavy (non-hydrogen) atoms. The number of nitrogens with zero attached hydrogens (tertiary/aromatic N) is 2. The molecule has 7 heteroatoms. The van der Waals surface area contributed by atoms with Gasteiger partial charge < -0.3 is 9.84 Å². The number of phenols is 1. The zero-order chi connectivity index (χ0) is 20.3. The first-order valence-electron chi connectivity index (χ1n) is 8.70. The van der Waals surface area contributed by atoms with Crippen molar-refractivity contribution in [3.63, 3.8) is 0 Å². The van der Waals surface area contributed by atoms with Crippen LogP contribution in [0.2, 0.25) is 0 Å². The summed E-state index contributed by atoms with van der Waals surface area (Å²) in [6, 6.07) is 13.5. The summed E-state index contributed by atoms with van der Waals surface area (Å²) in [6.07, 6.45) is 1.50. The lowest BCUT2D eigenvalue weighted by Crippen LogP contribution is -2.23. The molecule has 0 aliphatic carbocycles. The Balaban J connectivity index is 1.85. The number of aliphatic imine (C=N–C) groups is 1. The van der Waals surface area contributed by atoms with E-state index in [0.717, 1.165) is 5.56 Å². The molecule has 0 aromatic heterocycles. The Morgan fingerprint density at radius 3 is 2.68 bits per heavy atom. The molecular weight excluding hydrogens is 376 g/mol. The maximum atomic E-state index is 12.5. The summed E-state index contributed by atoms with van der Waals surface area (Å²) in [5.74, 6) is -0.454. The largest absolute Gasteiger partial charge is 0.508 e. The van der Waals surface area contributed by atoms with E-state index in [1.54, 1.807) is 75.5 Å². The average molecular weight is 396 g/mol. The van der Waals surface area contributed by atoms with E-state index in [4.69, 9.17) is 4.74 Å². The van der Waals surface area contributed by atoms with Crippen LogP contribution in [0.3, 0.4) is 0 Å². The number of amidine groups is 1. The highest BCUT2D eigenvalue weighted by Crippen LogP contribution is 2.33. The normalized spacial score (nSPS) is 17.0. The first-order chi connectivity index (χ1) is 13.3. The molecule has 0 radical (unpaired) electrons. The van der Waals surface area contributed by atoms with Crippen molar-refractivity contribution >= 4 is 40.6 Å². The molecule has 1 fully saturated rings. The minimum absolute atomic E-state index is 0.136. The van der Waals surface area contributed by atoms with Gasteiger partial charge in [0.25, 0.3) is 5.91 Å². The van der Waals surface area contributed by atoms with Gasteiger partial charge in [-0.1, -0.05) is 18.2 Å². The number of phenolic OH excluding ortho intramolecular Hbond substituents is 1. The van der Waals surface area contributed by atoms with Crippen molar-refractivity contribution in [1.82, 2.24) is 4.90 Å². The summed E-state index contributed by atoms with van der Waals surface area (Å²) >= 11 is 1.24. The van der Waals surface area contributed by atoms with Gasteiger partial charge in [0, 0.05) is 7.05 Å². The number of hydrogen-bond donors (Lipinski definition) is 1. The molecule has 1 amide bonds. The molecule has 1 heterocycles. The number of rotatable bonds is 4. The van der Waals surface area contributed by atoms with Gasteiger partial charge >= 0.3 is 5.97 Å². The van der Waals surface area contributed by atoms with Gasteiger partial charge in [-0.2, -0.15) is 0 Å². The summed E-state index contributed by atoms with van der Waals surface area (Å²) in [5, 5.41) is 10.1. The van der Waals surface area contributed by atoms with E-state index in [-0.39, 0.29) is 17.8 Å². The molecule has 144 valence electrons. The van der Waals surface area contributed by atoms with E-state index < -0.39 is 5.97 Å². The van der Waals surface area contributed by atoms with E-state index in [1.807, 2.05) is 0 Å². The van der Waals surface area contributed by atoms with Crippen molar-refractivity contribution in [3.05, 3.63) is 64.6 Å². The number of aromatic hydroxyl groups is 1. The van der Waals surface area contributed by atoms with E-state index in [1.165, 1.54) is 16.7 Å². The van der Waals surface area contributed by atoms with Crippen molar-refractivity contribution in [3.8, 4) is 5.75 Å². The van der Waals surface area contributed by atoms with Crippen LogP contribution in [0.4, 0.5) is 5.69 Å². The minimum atomic E-state index is -0.412. The number of carbonyl (C=O) groups is 2. The van der Waals surface area contributed by atoms with Gasteiger partial charge in [-0.3, -0.25) is 9.69 Å². The van der Waals surface area contributed by atoms with Crippen LogP contribution >= 0.6 is 11.8 Å². The van der Waals surface area contributed by atoms with E-state index in [9.17, 15) is 14.7 Å². The monoisotopic (exact) mass is 396 g/mol. The number of ether oxygens (including phenoxy) is 1. The molecule has 0 atom stereocenters. The quantitative estimate of drug-likeness (QED) is 0.619. The molecule has 2 aromatic carbocycles. The van der Waals surface area contributed by atoms with Gasteiger partial charge in [-0.25, -0.2) is 9.79 Å². The predicted octanol–water partition coefficient (Wildman–Crippen LogP) is 4.19. The first kappa shape index (κ1) is 19.7. The predicted molar refractivity (Wildman–Crippen MR) is 111 cm³/mol. The number of carbonyl (C=O) groups excluding carboxylic acids is 2. The fourth-order valence-corrected chi connectivity index (χ4v) is 3.50. The Morgan fingerprint density at radius 2 is 1.96 bits per heavy atom. The van der Waals surface area contributed by atoms with E-state index in [0.29, 0.717) is 21.3 Å². The van der Waals surface area contributed by atoms with Gasteiger partial charge in [-0.05, 0) is 67.6 Å². The molecule has 0 spiro atoms. The number of likely N-dealkylation sites (N-methyl/N-ethyl adjacent to an activating group) is 1. The molecule has 6 nitrogen and oxygen atoms in total. The van der Waals surface area contributed by atoms with Crippen LogP contribution in [-0.4, -0.2) is 40.2 Å². The Bertz CT molecular complexity index is 982. The smallest absolute Gasteiger partial charge is 0.338 e. The zero-order valence-corrected chi connectivity index (χ0v) is 16.6. The Morgan fingerprint density at radius 1 is 1.21 bits per heavy atom. The molecule has 3 rings (SSSR count). The third kappa shape index (κ3) is 4.61. The standard InChI is InChI=1S/C21H20N2O4S/c1-13(2)27-20(26)15-7-5-8-16(12-15)22-21-23(3)19(25)18(28-21)11-14-6-4-9-17(24)10-14/h4-13,24H,1-3H3/b18-11+,22-21?.